The molecular formula is C30H39NO4. The molecular weight excluding hydrogens is 438 g/mol. The van der Waals surface area contributed by atoms with Crippen LogP contribution in [0.1, 0.15) is 101 Å². The quantitative estimate of drug-likeness (QED) is 0.148. The fraction of sp³-hybridized carbons (Fsp3) is 0.500. The van der Waals surface area contributed by atoms with Crippen LogP contribution in [0.5, 0.6) is 11.5 Å². The second-order valence-electron chi connectivity index (χ2n) is 9.37. The predicted octanol–water partition coefficient (Wildman–Crippen LogP) is 7.82. The molecule has 0 N–H and O–H groups in total. The van der Waals surface area contributed by atoms with Crippen LogP contribution < -0.4 is 9.47 Å². The summed E-state index contributed by atoms with van der Waals surface area (Å²) in [6.45, 7) is 5.73. The van der Waals surface area contributed by atoms with Crippen molar-refractivity contribution < 1.29 is 19.1 Å². The summed E-state index contributed by atoms with van der Waals surface area (Å²) in [7, 11) is 0. The van der Waals surface area contributed by atoms with E-state index in [-0.39, 0.29) is 0 Å². The maximum Gasteiger partial charge on any atom is 0.343 e. The van der Waals surface area contributed by atoms with E-state index in [0.717, 1.165) is 6.42 Å². The Morgan fingerprint density at radius 2 is 1.31 bits per heavy atom. The van der Waals surface area contributed by atoms with Gasteiger partial charge in [-0.2, -0.15) is 5.26 Å². The molecule has 2 aromatic rings. The minimum absolute atomic E-state index is 0.303. The predicted molar refractivity (Wildman–Crippen MR) is 138 cm³/mol. The lowest BCUT2D eigenvalue weighted by atomic mass is 9.87. The molecule has 0 fully saturated rings. The molecule has 188 valence electrons. The van der Waals surface area contributed by atoms with Crippen molar-refractivity contribution in [3.8, 4) is 17.6 Å². The van der Waals surface area contributed by atoms with Gasteiger partial charge in [-0.15, -0.1) is 0 Å². The number of nitriles is 1. The van der Waals surface area contributed by atoms with Crippen molar-refractivity contribution in [2.45, 2.75) is 91.4 Å². The van der Waals surface area contributed by atoms with Gasteiger partial charge in [-0.3, -0.25) is 0 Å². The smallest absolute Gasteiger partial charge is 0.343 e. The van der Waals surface area contributed by atoms with Crippen molar-refractivity contribution in [2.24, 2.45) is 5.41 Å². The van der Waals surface area contributed by atoms with Crippen molar-refractivity contribution in [2.75, 3.05) is 0 Å². The number of hydrogen-bond donors (Lipinski definition) is 0. The molecule has 0 heterocycles. The van der Waals surface area contributed by atoms with E-state index in [9.17, 15) is 14.9 Å². The Bertz CT molecular complexity index is 959. The summed E-state index contributed by atoms with van der Waals surface area (Å²) in [6.07, 6.45) is 12.5. The Morgan fingerprint density at radius 3 is 1.86 bits per heavy atom. The highest BCUT2D eigenvalue weighted by Gasteiger charge is 2.34. The van der Waals surface area contributed by atoms with Gasteiger partial charge in [0.15, 0.2) is 5.41 Å². The highest BCUT2D eigenvalue weighted by Crippen LogP contribution is 2.26. The van der Waals surface area contributed by atoms with Crippen molar-refractivity contribution in [3.63, 3.8) is 0 Å². The van der Waals surface area contributed by atoms with Gasteiger partial charge in [0.25, 0.3) is 0 Å². The van der Waals surface area contributed by atoms with Crippen LogP contribution in [0.4, 0.5) is 0 Å². The lowest BCUT2D eigenvalue weighted by Crippen LogP contribution is -2.30. The van der Waals surface area contributed by atoms with Crippen LogP contribution in [0.2, 0.25) is 0 Å². The van der Waals surface area contributed by atoms with Crippen LogP contribution in [0.15, 0.2) is 48.5 Å². The molecule has 0 aromatic heterocycles. The van der Waals surface area contributed by atoms with Gasteiger partial charge < -0.3 is 9.47 Å². The van der Waals surface area contributed by atoms with Crippen LogP contribution in [0.25, 0.3) is 0 Å². The van der Waals surface area contributed by atoms with Gasteiger partial charge in [0, 0.05) is 0 Å². The number of benzene rings is 2. The summed E-state index contributed by atoms with van der Waals surface area (Å²) < 4.78 is 10.8. The van der Waals surface area contributed by atoms with Crippen LogP contribution >= 0.6 is 0 Å². The summed E-state index contributed by atoms with van der Waals surface area (Å²) in [5.41, 5.74) is 0.538. The Kier molecular flexibility index (Phi) is 12.0. The second-order valence-corrected chi connectivity index (χ2v) is 9.37. The first kappa shape index (κ1) is 28.1. The van der Waals surface area contributed by atoms with Crippen LogP contribution in [-0.4, -0.2) is 11.9 Å². The normalized spacial score (nSPS) is 12.4. The van der Waals surface area contributed by atoms with Gasteiger partial charge in [-0.25, -0.2) is 9.59 Å². The molecule has 0 saturated carbocycles. The maximum atomic E-state index is 12.5. The first-order chi connectivity index (χ1) is 16.9. The average molecular weight is 478 g/mol. The van der Waals surface area contributed by atoms with Gasteiger partial charge >= 0.3 is 11.9 Å². The molecule has 0 bridgehead atoms. The molecule has 0 spiro atoms. The number of esters is 2. The molecule has 0 radical (unpaired) electrons. The number of ether oxygens (including phenoxy) is 2. The third kappa shape index (κ3) is 9.56. The number of unbranched alkanes of at least 4 members (excludes halogenated alkanes) is 7. The van der Waals surface area contributed by atoms with Crippen molar-refractivity contribution >= 4 is 11.9 Å². The topological polar surface area (TPSA) is 76.4 Å². The highest BCUT2D eigenvalue weighted by atomic mass is 16.5. The minimum atomic E-state index is -1.18. The molecule has 5 nitrogen and oxygen atoms in total. The number of aryl methyl sites for hydroxylation is 1. The molecule has 5 heteroatoms. The number of carbonyl (C=O) groups is 2. The largest absolute Gasteiger partial charge is 0.425 e. The third-order valence-corrected chi connectivity index (χ3v) is 6.20. The van der Waals surface area contributed by atoms with Gasteiger partial charge in [0.05, 0.1) is 11.6 Å². The Labute approximate surface area is 210 Å². The molecule has 0 aliphatic rings. The monoisotopic (exact) mass is 477 g/mol. The number of rotatable bonds is 15. The van der Waals surface area contributed by atoms with Gasteiger partial charge in [-0.05, 0) is 68.1 Å². The molecule has 2 aromatic carbocycles. The Morgan fingerprint density at radius 1 is 0.771 bits per heavy atom. The molecule has 0 aliphatic heterocycles. The zero-order valence-corrected chi connectivity index (χ0v) is 21.5. The minimum Gasteiger partial charge on any atom is -0.425 e. The van der Waals surface area contributed by atoms with Gasteiger partial charge in [-0.1, -0.05) is 77.3 Å². The van der Waals surface area contributed by atoms with Crippen LogP contribution in [0, 0.1) is 16.7 Å². The molecule has 0 amide bonds. The molecule has 1 atom stereocenters. The molecule has 0 saturated heterocycles. The second kappa shape index (κ2) is 15.0. The van der Waals surface area contributed by atoms with Crippen LogP contribution in [-0.2, 0) is 11.2 Å². The zero-order chi connectivity index (χ0) is 25.5. The van der Waals surface area contributed by atoms with Crippen LogP contribution in [0.3, 0.4) is 0 Å². The first-order valence-corrected chi connectivity index (χ1v) is 13.0. The summed E-state index contributed by atoms with van der Waals surface area (Å²) in [5.74, 6) is -0.362. The van der Waals surface area contributed by atoms with Gasteiger partial charge in [0.2, 0.25) is 0 Å². The summed E-state index contributed by atoms with van der Waals surface area (Å²) in [4.78, 5) is 24.8. The van der Waals surface area contributed by atoms with E-state index in [4.69, 9.17) is 9.47 Å². The van der Waals surface area contributed by atoms with Crippen molar-refractivity contribution in [3.05, 3.63) is 59.7 Å². The third-order valence-electron chi connectivity index (χ3n) is 6.20. The lowest BCUT2D eigenvalue weighted by molar-refractivity contribution is -0.142. The Hall–Kier alpha value is -3.13. The van der Waals surface area contributed by atoms with E-state index >= 15 is 0 Å². The van der Waals surface area contributed by atoms with E-state index in [1.807, 2.05) is 25.1 Å². The van der Waals surface area contributed by atoms with Crippen molar-refractivity contribution in [1.29, 1.82) is 5.26 Å². The summed E-state index contributed by atoms with van der Waals surface area (Å²) >= 11 is 0. The van der Waals surface area contributed by atoms with E-state index < -0.39 is 17.4 Å². The fourth-order valence-corrected chi connectivity index (χ4v) is 3.94. The van der Waals surface area contributed by atoms with E-state index in [0.29, 0.717) is 29.9 Å². The molecule has 35 heavy (non-hydrogen) atoms. The maximum absolute atomic E-state index is 12.5. The van der Waals surface area contributed by atoms with E-state index in [2.05, 4.69) is 6.92 Å². The zero-order valence-electron chi connectivity index (χ0n) is 21.5. The van der Waals surface area contributed by atoms with Crippen molar-refractivity contribution in [1.82, 2.24) is 0 Å². The SMILES string of the molecule is CCCCCCCCCCc1ccc(C(=O)Oc2ccc(OC(=O)C(C)(C#N)CCC)cc2)cc1. The first-order valence-electron chi connectivity index (χ1n) is 13.0. The highest BCUT2D eigenvalue weighted by molar-refractivity contribution is 5.91. The lowest BCUT2D eigenvalue weighted by Gasteiger charge is -2.18. The van der Waals surface area contributed by atoms with E-state index in [1.165, 1.54) is 56.9 Å². The summed E-state index contributed by atoms with van der Waals surface area (Å²) in [6, 6.07) is 15.9. The Balaban J connectivity index is 1.79. The number of carbonyl (C=O) groups excluding carboxylic acids is 2. The molecule has 2 rings (SSSR count). The summed E-state index contributed by atoms with van der Waals surface area (Å²) in [5, 5.41) is 9.32. The average Bonchev–Trinajstić information content (AvgIpc) is 2.87. The van der Waals surface area contributed by atoms with E-state index in [1.54, 1.807) is 43.3 Å². The number of hydrogen-bond acceptors (Lipinski definition) is 5. The molecule has 0 aliphatic carbocycles. The molecule has 1 unspecified atom stereocenters. The standard InChI is InChI=1S/C30H39NO4/c1-4-6-7-8-9-10-11-12-13-24-14-16-25(17-15-24)28(32)34-26-18-20-27(21-19-26)35-29(33)30(3,23-31)22-5-2/h14-21H,4-13,22H2,1-3H3. The number of nitrogens with zero attached hydrogens (tertiary/aromatic N) is 1. The van der Waals surface area contributed by atoms with Gasteiger partial charge in [0.1, 0.15) is 11.5 Å². The fourth-order valence-electron chi connectivity index (χ4n) is 3.94.